The van der Waals surface area contributed by atoms with E-state index in [1.165, 1.54) is 18.2 Å². The molecule has 25 heavy (non-hydrogen) atoms. The minimum Gasteiger partial charge on any atom is -0.336 e. The van der Waals surface area contributed by atoms with Crippen molar-refractivity contribution in [2.24, 2.45) is 0 Å². The number of amides is 2. The SMILES string of the molecule is CC(NC(=O)NCC(c1c(F)cccc1F)N(C)C)c1cccnc1. The van der Waals surface area contributed by atoms with Crippen molar-refractivity contribution in [3.8, 4) is 0 Å². The van der Waals surface area contributed by atoms with Crippen LogP contribution in [0, 0.1) is 11.6 Å². The van der Waals surface area contributed by atoms with Gasteiger partial charge in [-0.1, -0.05) is 12.1 Å². The quantitative estimate of drug-likeness (QED) is 0.844. The molecule has 7 heteroatoms. The van der Waals surface area contributed by atoms with Gasteiger partial charge in [0.1, 0.15) is 11.6 Å². The summed E-state index contributed by atoms with van der Waals surface area (Å²) in [5, 5.41) is 5.45. The average Bonchev–Trinajstić information content (AvgIpc) is 2.57. The maximum absolute atomic E-state index is 14.0. The molecule has 0 aliphatic carbocycles. The van der Waals surface area contributed by atoms with Crippen molar-refractivity contribution < 1.29 is 13.6 Å². The van der Waals surface area contributed by atoms with Gasteiger partial charge in [0.2, 0.25) is 0 Å². The smallest absolute Gasteiger partial charge is 0.315 e. The summed E-state index contributed by atoms with van der Waals surface area (Å²) < 4.78 is 28.0. The molecule has 134 valence electrons. The van der Waals surface area contributed by atoms with Crippen molar-refractivity contribution in [3.05, 3.63) is 65.5 Å². The zero-order valence-corrected chi connectivity index (χ0v) is 14.5. The molecule has 2 rings (SSSR count). The molecule has 0 saturated carbocycles. The van der Waals surface area contributed by atoms with Gasteiger partial charge in [-0.25, -0.2) is 13.6 Å². The number of hydrogen-bond donors (Lipinski definition) is 2. The largest absolute Gasteiger partial charge is 0.336 e. The lowest BCUT2D eigenvalue weighted by molar-refractivity contribution is 0.228. The first-order valence-corrected chi connectivity index (χ1v) is 7.94. The summed E-state index contributed by atoms with van der Waals surface area (Å²) >= 11 is 0. The second kappa shape index (κ2) is 8.53. The van der Waals surface area contributed by atoms with Crippen LogP contribution in [0.2, 0.25) is 0 Å². The normalized spacial score (nSPS) is 13.4. The van der Waals surface area contributed by atoms with Gasteiger partial charge in [0, 0.05) is 24.5 Å². The molecule has 1 heterocycles. The van der Waals surface area contributed by atoms with Gasteiger partial charge in [0.15, 0.2) is 0 Å². The van der Waals surface area contributed by atoms with Gasteiger partial charge >= 0.3 is 6.03 Å². The Morgan fingerprint density at radius 1 is 1.20 bits per heavy atom. The summed E-state index contributed by atoms with van der Waals surface area (Å²) in [7, 11) is 3.41. The maximum atomic E-state index is 14.0. The Morgan fingerprint density at radius 3 is 2.44 bits per heavy atom. The standard InChI is InChI=1S/C18H22F2N4O/c1-12(13-6-5-9-21-10-13)23-18(25)22-11-16(24(2)3)17-14(19)7-4-8-15(17)20/h4-10,12,16H,11H2,1-3H3,(H2,22,23,25). The highest BCUT2D eigenvalue weighted by Gasteiger charge is 2.23. The zero-order chi connectivity index (χ0) is 18.4. The van der Waals surface area contributed by atoms with Gasteiger partial charge in [-0.05, 0) is 44.8 Å². The van der Waals surface area contributed by atoms with Crippen molar-refractivity contribution in [3.63, 3.8) is 0 Å². The van der Waals surface area contributed by atoms with Crippen LogP contribution in [0.3, 0.4) is 0 Å². The van der Waals surface area contributed by atoms with Gasteiger partial charge in [0.25, 0.3) is 0 Å². The van der Waals surface area contributed by atoms with Gasteiger partial charge < -0.3 is 15.5 Å². The first-order chi connectivity index (χ1) is 11.9. The molecule has 2 aromatic rings. The Labute approximate surface area is 146 Å². The Bertz CT molecular complexity index is 689. The number of pyridine rings is 1. The molecule has 2 amide bonds. The van der Waals surface area contributed by atoms with Crippen LogP contribution in [0.1, 0.15) is 30.1 Å². The average molecular weight is 348 g/mol. The fourth-order valence-electron chi connectivity index (χ4n) is 2.52. The third-order valence-electron chi connectivity index (χ3n) is 3.94. The molecular weight excluding hydrogens is 326 g/mol. The molecule has 0 saturated heterocycles. The van der Waals surface area contributed by atoms with Crippen LogP contribution in [0.15, 0.2) is 42.7 Å². The lowest BCUT2D eigenvalue weighted by atomic mass is 10.0. The molecule has 1 aromatic heterocycles. The lowest BCUT2D eigenvalue weighted by Gasteiger charge is -2.26. The number of hydrogen-bond acceptors (Lipinski definition) is 3. The summed E-state index contributed by atoms with van der Waals surface area (Å²) in [5.41, 5.74) is 0.801. The molecule has 2 atom stereocenters. The van der Waals surface area contributed by atoms with E-state index in [4.69, 9.17) is 0 Å². The van der Waals surface area contributed by atoms with Gasteiger partial charge in [-0.15, -0.1) is 0 Å². The molecule has 0 radical (unpaired) electrons. The van der Waals surface area contributed by atoms with E-state index in [1.54, 1.807) is 37.5 Å². The van der Waals surface area contributed by atoms with Crippen LogP contribution in [-0.2, 0) is 0 Å². The Morgan fingerprint density at radius 2 is 1.88 bits per heavy atom. The topological polar surface area (TPSA) is 57.3 Å². The number of carbonyl (C=O) groups excluding carboxylic acids is 1. The van der Waals surface area contributed by atoms with Gasteiger partial charge in [0.05, 0.1) is 12.1 Å². The number of benzene rings is 1. The highest BCUT2D eigenvalue weighted by molar-refractivity contribution is 5.74. The molecule has 0 aliphatic rings. The Hall–Kier alpha value is -2.54. The van der Waals surface area contributed by atoms with Crippen molar-refractivity contribution >= 4 is 6.03 Å². The Balaban J connectivity index is 2.01. The third-order valence-corrected chi connectivity index (χ3v) is 3.94. The third kappa shape index (κ3) is 4.96. The first-order valence-electron chi connectivity index (χ1n) is 7.94. The first kappa shape index (κ1) is 18.8. The van der Waals surface area contributed by atoms with Crippen LogP contribution < -0.4 is 10.6 Å². The second-order valence-corrected chi connectivity index (χ2v) is 5.98. The molecule has 0 spiro atoms. The lowest BCUT2D eigenvalue weighted by Crippen LogP contribution is -2.41. The van der Waals surface area contributed by atoms with Crippen LogP contribution in [0.25, 0.3) is 0 Å². The molecule has 0 fully saturated rings. The number of nitrogens with one attached hydrogen (secondary N) is 2. The highest BCUT2D eigenvalue weighted by Crippen LogP contribution is 2.23. The number of nitrogens with zero attached hydrogens (tertiary/aromatic N) is 2. The highest BCUT2D eigenvalue weighted by atomic mass is 19.1. The Kier molecular flexibility index (Phi) is 6.41. The molecule has 5 nitrogen and oxygen atoms in total. The number of likely N-dealkylation sites (N-methyl/N-ethyl adjacent to an activating group) is 1. The molecule has 0 aliphatic heterocycles. The number of carbonyl (C=O) groups is 1. The van der Waals surface area contributed by atoms with E-state index in [2.05, 4.69) is 15.6 Å². The number of rotatable bonds is 6. The van der Waals surface area contributed by atoms with E-state index >= 15 is 0 Å². The fourth-order valence-corrected chi connectivity index (χ4v) is 2.52. The van der Waals surface area contributed by atoms with Crippen LogP contribution >= 0.6 is 0 Å². The minimum absolute atomic E-state index is 0.0619. The van der Waals surface area contributed by atoms with Gasteiger partial charge in [-0.2, -0.15) is 0 Å². The molecule has 2 N–H and O–H groups in total. The van der Waals surface area contributed by atoms with E-state index in [9.17, 15) is 13.6 Å². The number of halogens is 2. The summed E-state index contributed by atoms with van der Waals surface area (Å²) in [5.74, 6) is -1.27. The second-order valence-electron chi connectivity index (χ2n) is 5.98. The summed E-state index contributed by atoms with van der Waals surface area (Å²) in [6, 6.07) is 6.09. The van der Waals surface area contributed by atoms with Crippen LogP contribution in [0.4, 0.5) is 13.6 Å². The van der Waals surface area contributed by atoms with Gasteiger partial charge in [-0.3, -0.25) is 4.98 Å². The van der Waals surface area contributed by atoms with E-state index in [0.29, 0.717) is 0 Å². The zero-order valence-electron chi connectivity index (χ0n) is 14.5. The van der Waals surface area contributed by atoms with Crippen LogP contribution in [-0.4, -0.2) is 36.6 Å². The number of aromatic nitrogens is 1. The fraction of sp³-hybridized carbons (Fsp3) is 0.333. The molecule has 1 aromatic carbocycles. The molecule has 0 bridgehead atoms. The van der Waals surface area contributed by atoms with E-state index in [-0.39, 0.29) is 18.2 Å². The predicted molar refractivity (Wildman–Crippen MR) is 92.0 cm³/mol. The maximum Gasteiger partial charge on any atom is 0.315 e. The molecular formula is C18H22F2N4O. The van der Waals surface area contributed by atoms with E-state index in [0.717, 1.165) is 5.56 Å². The van der Waals surface area contributed by atoms with E-state index < -0.39 is 23.7 Å². The van der Waals surface area contributed by atoms with Crippen molar-refractivity contribution in [1.29, 1.82) is 0 Å². The monoisotopic (exact) mass is 348 g/mol. The van der Waals surface area contributed by atoms with E-state index in [1.807, 2.05) is 13.0 Å². The van der Waals surface area contributed by atoms with Crippen LogP contribution in [0.5, 0.6) is 0 Å². The summed E-state index contributed by atoms with van der Waals surface area (Å²) in [6.07, 6.45) is 3.32. The number of urea groups is 1. The predicted octanol–water partition coefficient (Wildman–Crippen LogP) is 3.02. The van der Waals surface area contributed by atoms with Crippen molar-refractivity contribution in [2.75, 3.05) is 20.6 Å². The van der Waals surface area contributed by atoms with Crippen molar-refractivity contribution in [1.82, 2.24) is 20.5 Å². The van der Waals surface area contributed by atoms with Crippen molar-refractivity contribution in [2.45, 2.75) is 19.0 Å². The summed E-state index contributed by atoms with van der Waals surface area (Å²) in [6.45, 7) is 1.90. The minimum atomic E-state index is -0.635. The summed E-state index contributed by atoms with van der Waals surface area (Å²) in [4.78, 5) is 17.8. The molecule has 2 unspecified atom stereocenters.